The number of hydrogen-bond donors (Lipinski definition) is 1. The minimum Gasteiger partial charge on any atom is -0.457 e. The number of unbranched alkanes of at least 4 members (excludes halogenated alkanes) is 1. The van der Waals surface area contributed by atoms with Crippen LogP contribution in [0.4, 0.5) is 5.69 Å². The predicted octanol–water partition coefficient (Wildman–Crippen LogP) is 6.63. The zero-order chi connectivity index (χ0) is 29.9. The number of carbonyl (C=O) groups is 3. The highest BCUT2D eigenvalue weighted by atomic mass is 16.5. The number of nitrogens with one attached hydrogen (secondary N) is 1. The second-order valence-electron chi connectivity index (χ2n) is 10.0. The molecule has 42 heavy (non-hydrogen) atoms. The van der Waals surface area contributed by atoms with Crippen LogP contribution in [0.2, 0.25) is 0 Å². The van der Waals surface area contributed by atoms with E-state index in [-0.39, 0.29) is 25.0 Å². The van der Waals surface area contributed by atoms with Crippen LogP contribution in [-0.2, 0) is 33.8 Å². The largest absolute Gasteiger partial charge is 0.457 e. The number of hydrogen-bond acceptors (Lipinski definition) is 7. The molecule has 4 aromatic rings. The first kappa shape index (κ1) is 30.2. The molecular formula is C34H37N3O5. The molecule has 1 heterocycles. The van der Waals surface area contributed by atoms with Gasteiger partial charge >= 0.3 is 11.9 Å². The smallest absolute Gasteiger partial charge is 0.340 e. The maximum atomic E-state index is 12.8. The van der Waals surface area contributed by atoms with Crippen LogP contribution in [-0.4, -0.2) is 33.9 Å². The summed E-state index contributed by atoms with van der Waals surface area (Å²) in [6, 6.07) is 22.2. The van der Waals surface area contributed by atoms with Crippen LogP contribution in [0.1, 0.15) is 76.5 Å². The van der Waals surface area contributed by atoms with Crippen LogP contribution in [0.15, 0.2) is 79.0 Å². The number of benzene rings is 3. The van der Waals surface area contributed by atoms with Gasteiger partial charge in [-0.1, -0.05) is 62.7 Å². The van der Waals surface area contributed by atoms with Gasteiger partial charge in [-0.15, -0.1) is 0 Å². The number of aryl methyl sites for hydroxylation is 2. The lowest BCUT2D eigenvalue weighted by Crippen LogP contribution is -2.16. The number of para-hydroxylation sites is 1. The minimum absolute atomic E-state index is 0.136. The van der Waals surface area contributed by atoms with Crippen molar-refractivity contribution in [1.82, 2.24) is 9.55 Å². The normalized spacial score (nSPS) is 10.7. The van der Waals surface area contributed by atoms with E-state index < -0.39 is 5.97 Å². The third-order valence-electron chi connectivity index (χ3n) is 6.91. The van der Waals surface area contributed by atoms with Crippen molar-refractivity contribution in [3.05, 3.63) is 113 Å². The third kappa shape index (κ3) is 7.72. The van der Waals surface area contributed by atoms with Crippen LogP contribution in [0.25, 0.3) is 5.69 Å². The number of aromatic nitrogens is 2. The van der Waals surface area contributed by atoms with Gasteiger partial charge < -0.3 is 14.8 Å². The standard InChI is InChI=1S/C34H37N3O5/c1-4-6-16-32-36-21-27(20-35-30-15-11-10-14-29(30)34(40)42-23-28(38)5-2)37(32)31-18-17-26(19-24(31)3)33(39)41-22-25-12-8-7-9-13-25/h7-15,17-19,21,35H,4-6,16,20,22-23H2,1-3H3. The zero-order valence-electron chi connectivity index (χ0n) is 24.4. The summed E-state index contributed by atoms with van der Waals surface area (Å²) in [5, 5.41) is 3.35. The first-order valence-electron chi connectivity index (χ1n) is 14.3. The van der Waals surface area contributed by atoms with Gasteiger partial charge in [0, 0.05) is 18.5 Å². The Labute approximate surface area is 246 Å². The number of ether oxygens (including phenoxy) is 2. The summed E-state index contributed by atoms with van der Waals surface area (Å²) in [4.78, 5) is 41.8. The first-order chi connectivity index (χ1) is 20.4. The van der Waals surface area contributed by atoms with Crippen LogP contribution in [0.5, 0.6) is 0 Å². The molecule has 4 rings (SSSR count). The van der Waals surface area contributed by atoms with E-state index in [4.69, 9.17) is 14.5 Å². The summed E-state index contributed by atoms with van der Waals surface area (Å²) in [5.41, 5.74) is 5.09. The van der Waals surface area contributed by atoms with Gasteiger partial charge in [0.1, 0.15) is 19.0 Å². The minimum atomic E-state index is -0.553. The van der Waals surface area contributed by atoms with E-state index in [1.54, 1.807) is 31.2 Å². The molecule has 0 spiro atoms. The van der Waals surface area contributed by atoms with Gasteiger partial charge in [-0.05, 0) is 54.8 Å². The molecule has 0 aliphatic heterocycles. The predicted molar refractivity (Wildman–Crippen MR) is 162 cm³/mol. The Bertz CT molecular complexity index is 1530. The second kappa shape index (κ2) is 14.8. The van der Waals surface area contributed by atoms with Crippen molar-refractivity contribution in [3.63, 3.8) is 0 Å². The molecule has 0 unspecified atom stereocenters. The molecule has 0 saturated carbocycles. The Hall–Kier alpha value is -4.72. The lowest BCUT2D eigenvalue weighted by molar-refractivity contribution is -0.121. The number of nitrogens with zero attached hydrogens (tertiary/aromatic N) is 2. The molecule has 0 bridgehead atoms. The molecule has 0 amide bonds. The third-order valence-corrected chi connectivity index (χ3v) is 6.91. The summed E-state index contributed by atoms with van der Waals surface area (Å²) in [5.74, 6) is -0.149. The molecule has 1 aromatic heterocycles. The molecule has 0 aliphatic carbocycles. The Morgan fingerprint density at radius 1 is 0.905 bits per heavy atom. The van der Waals surface area contributed by atoms with Gasteiger partial charge in [0.15, 0.2) is 5.78 Å². The lowest BCUT2D eigenvalue weighted by atomic mass is 10.1. The molecule has 0 radical (unpaired) electrons. The topological polar surface area (TPSA) is 99.5 Å². The van der Waals surface area contributed by atoms with Gasteiger partial charge in [0.05, 0.1) is 35.2 Å². The number of carbonyl (C=O) groups excluding carboxylic acids is 3. The van der Waals surface area contributed by atoms with Gasteiger partial charge in [-0.3, -0.25) is 9.36 Å². The van der Waals surface area contributed by atoms with Crippen molar-refractivity contribution < 1.29 is 23.9 Å². The molecule has 1 N–H and O–H groups in total. The van der Waals surface area contributed by atoms with Crippen molar-refractivity contribution >= 4 is 23.4 Å². The number of imidazole rings is 1. The Kier molecular flexibility index (Phi) is 10.6. The van der Waals surface area contributed by atoms with E-state index >= 15 is 0 Å². The Balaban J connectivity index is 1.54. The second-order valence-corrected chi connectivity index (χ2v) is 10.0. The Morgan fingerprint density at radius 2 is 1.67 bits per heavy atom. The maximum absolute atomic E-state index is 12.8. The zero-order valence-corrected chi connectivity index (χ0v) is 24.4. The molecular weight excluding hydrogens is 530 g/mol. The summed E-state index contributed by atoms with van der Waals surface area (Å²) < 4.78 is 12.9. The van der Waals surface area contributed by atoms with Crippen molar-refractivity contribution in [2.45, 2.75) is 59.6 Å². The van der Waals surface area contributed by atoms with Crippen molar-refractivity contribution in [3.8, 4) is 5.69 Å². The van der Waals surface area contributed by atoms with Crippen LogP contribution in [0.3, 0.4) is 0 Å². The molecule has 0 atom stereocenters. The van der Waals surface area contributed by atoms with Crippen molar-refractivity contribution in [2.24, 2.45) is 0 Å². The summed E-state index contributed by atoms with van der Waals surface area (Å²) in [6.07, 6.45) is 4.96. The van der Waals surface area contributed by atoms with E-state index in [0.717, 1.165) is 47.6 Å². The molecule has 0 fully saturated rings. The monoisotopic (exact) mass is 567 g/mol. The molecule has 218 valence electrons. The summed E-state index contributed by atoms with van der Waals surface area (Å²) in [6.45, 7) is 6.19. The van der Waals surface area contributed by atoms with Crippen molar-refractivity contribution in [1.29, 1.82) is 0 Å². The average molecular weight is 568 g/mol. The van der Waals surface area contributed by atoms with Gasteiger partial charge in [0.25, 0.3) is 0 Å². The number of esters is 2. The molecule has 8 heteroatoms. The van der Waals surface area contributed by atoms with Gasteiger partial charge in [0.2, 0.25) is 0 Å². The fourth-order valence-electron chi connectivity index (χ4n) is 4.53. The van der Waals surface area contributed by atoms with Crippen LogP contribution in [0, 0.1) is 6.92 Å². The van der Waals surface area contributed by atoms with Crippen molar-refractivity contribution in [2.75, 3.05) is 11.9 Å². The lowest BCUT2D eigenvalue weighted by Gasteiger charge is -2.17. The van der Waals surface area contributed by atoms with Crippen LogP contribution < -0.4 is 5.32 Å². The molecule has 8 nitrogen and oxygen atoms in total. The molecule has 0 aliphatic rings. The van der Waals surface area contributed by atoms with Crippen LogP contribution >= 0.6 is 0 Å². The number of ketones is 1. The number of rotatable bonds is 14. The summed E-state index contributed by atoms with van der Waals surface area (Å²) in [7, 11) is 0. The van der Waals surface area contributed by atoms with E-state index in [1.807, 2.05) is 61.7 Å². The first-order valence-corrected chi connectivity index (χ1v) is 14.3. The highest BCUT2D eigenvalue weighted by Crippen LogP contribution is 2.24. The average Bonchev–Trinajstić information content (AvgIpc) is 3.42. The SMILES string of the molecule is CCCCc1ncc(CNc2ccccc2C(=O)OCC(=O)CC)n1-c1ccc(C(=O)OCc2ccccc2)cc1C. The molecule has 0 saturated heterocycles. The van der Waals surface area contributed by atoms with E-state index in [1.165, 1.54) is 0 Å². The Morgan fingerprint density at radius 3 is 2.40 bits per heavy atom. The number of Topliss-reactive ketones (excluding diaryl/α,β-unsaturated/α-hetero) is 1. The number of anilines is 1. The summed E-state index contributed by atoms with van der Waals surface area (Å²) >= 11 is 0. The van der Waals surface area contributed by atoms with E-state index in [0.29, 0.717) is 29.8 Å². The fraction of sp³-hybridized carbons (Fsp3) is 0.294. The van der Waals surface area contributed by atoms with E-state index in [9.17, 15) is 14.4 Å². The maximum Gasteiger partial charge on any atom is 0.340 e. The van der Waals surface area contributed by atoms with E-state index in [2.05, 4.69) is 16.8 Å². The quantitative estimate of drug-likeness (QED) is 0.171. The highest BCUT2D eigenvalue weighted by Gasteiger charge is 2.18. The van der Waals surface area contributed by atoms with Gasteiger partial charge in [-0.25, -0.2) is 14.6 Å². The van der Waals surface area contributed by atoms with Gasteiger partial charge in [-0.2, -0.15) is 0 Å². The fourth-order valence-corrected chi connectivity index (χ4v) is 4.53. The molecule has 3 aromatic carbocycles. The highest BCUT2D eigenvalue weighted by molar-refractivity contribution is 5.96.